The average Bonchev–Trinajstić information content (AvgIpc) is 2.31. The molecule has 2 heterocycles. The van der Waals surface area contributed by atoms with Crippen LogP contribution in [-0.2, 0) is 0 Å². The zero-order valence-corrected chi connectivity index (χ0v) is 10.0. The highest BCUT2D eigenvalue weighted by Crippen LogP contribution is 2.21. The SMILES string of the molecule is CCCC1=NCC(c2cccnc2C)=CC1. The van der Waals surface area contributed by atoms with Gasteiger partial charge in [0.15, 0.2) is 0 Å². The molecule has 1 aliphatic heterocycles. The lowest BCUT2D eigenvalue weighted by Crippen LogP contribution is -2.06. The van der Waals surface area contributed by atoms with E-state index in [1.807, 2.05) is 12.3 Å². The lowest BCUT2D eigenvalue weighted by atomic mass is 9.99. The van der Waals surface area contributed by atoms with Gasteiger partial charge in [0.05, 0.1) is 6.54 Å². The number of dihydropyridines is 1. The summed E-state index contributed by atoms with van der Waals surface area (Å²) in [5, 5.41) is 0. The first-order valence-corrected chi connectivity index (χ1v) is 5.94. The molecule has 0 amide bonds. The Hall–Kier alpha value is -1.44. The van der Waals surface area contributed by atoms with Crippen LogP contribution >= 0.6 is 0 Å². The first kappa shape index (κ1) is 11.1. The molecule has 1 aromatic rings. The summed E-state index contributed by atoms with van der Waals surface area (Å²) in [6, 6.07) is 4.13. The summed E-state index contributed by atoms with van der Waals surface area (Å²) in [5.74, 6) is 0. The molecular weight excluding hydrogens is 196 g/mol. The van der Waals surface area contributed by atoms with E-state index in [1.54, 1.807) is 0 Å². The van der Waals surface area contributed by atoms with Crippen molar-refractivity contribution in [2.24, 2.45) is 4.99 Å². The van der Waals surface area contributed by atoms with Crippen molar-refractivity contribution in [3.8, 4) is 0 Å². The summed E-state index contributed by atoms with van der Waals surface area (Å²) < 4.78 is 0. The quantitative estimate of drug-likeness (QED) is 0.756. The van der Waals surface area contributed by atoms with Crippen molar-refractivity contribution in [2.45, 2.75) is 33.1 Å². The fourth-order valence-electron chi connectivity index (χ4n) is 2.06. The van der Waals surface area contributed by atoms with Crippen LogP contribution in [0.2, 0.25) is 0 Å². The number of aryl methyl sites for hydroxylation is 1. The molecule has 0 atom stereocenters. The molecule has 0 spiro atoms. The maximum absolute atomic E-state index is 4.64. The highest BCUT2D eigenvalue weighted by atomic mass is 14.8. The molecule has 1 aromatic heterocycles. The molecule has 16 heavy (non-hydrogen) atoms. The second kappa shape index (κ2) is 5.06. The predicted octanol–water partition coefficient (Wildman–Crippen LogP) is 3.42. The lowest BCUT2D eigenvalue weighted by molar-refractivity contribution is 0.960. The normalized spacial score (nSPS) is 15.6. The molecule has 0 aliphatic carbocycles. The van der Waals surface area contributed by atoms with Gasteiger partial charge in [-0.1, -0.05) is 25.5 Å². The zero-order valence-electron chi connectivity index (χ0n) is 10.0. The van der Waals surface area contributed by atoms with E-state index in [0.717, 1.165) is 25.1 Å². The van der Waals surface area contributed by atoms with Gasteiger partial charge in [-0.15, -0.1) is 0 Å². The van der Waals surface area contributed by atoms with Gasteiger partial charge in [0.25, 0.3) is 0 Å². The topological polar surface area (TPSA) is 25.2 Å². The third kappa shape index (κ3) is 2.38. The van der Waals surface area contributed by atoms with Gasteiger partial charge in [0, 0.05) is 29.6 Å². The van der Waals surface area contributed by atoms with Crippen LogP contribution in [0.4, 0.5) is 0 Å². The minimum Gasteiger partial charge on any atom is -0.289 e. The number of rotatable bonds is 3. The molecule has 1 aliphatic rings. The van der Waals surface area contributed by atoms with Crippen LogP contribution in [0.15, 0.2) is 29.4 Å². The summed E-state index contributed by atoms with van der Waals surface area (Å²) in [6.45, 7) is 5.08. The van der Waals surface area contributed by atoms with Crippen LogP contribution < -0.4 is 0 Å². The average molecular weight is 214 g/mol. The van der Waals surface area contributed by atoms with Gasteiger partial charge in [-0.25, -0.2) is 0 Å². The molecule has 2 heteroatoms. The molecule has 0 fully saturated rings. The van der Waals surface area contributed by atoms with Crippen LogP contribution in [0.3, 0.4) is 0 Å². The van der Waals surface area contributed by atoms with E-state index < -0.39 is 0 Å². The first-order chi connectivity index (χ1) is 7.81. The van der Waals surface area contributed by atoms with E-state index in [-0.39, 0.29) is 0 Å². The number of hydrogen-bond acceptors (Lipinski definition) is 2. The van der Waals surface area contributed by atoms with Gasteiger partial charge < -0.3 is 0 Å². The Morgan fingerprint density at radius 1 is 1.38 bits per heavy atom. The van der Waals surface area contributed by atoms with E-state index in [4.69, 9.17) is 0 Å². The molecule has 0 aromatic carbocycles. The molecule has 2 nitrogen and oxygen atoms in total. The van der Waals surface area contributed by atoms with Crippen molar-refractivity contribution < 1.29 is 0 Å². The molecular formula is C14H18N2. The standard InChI is InChI=1S/C14H18N2/c1-3-5-13-8-7-12(10-16-13)14-6-4-9-15-11(14)2/h4,6-7,9H,3,5,8,10H2,1-2H3. The lowest BCUT2D eigenvalue weighted by Gasteiger charge is -2.14. The van der Waals surface area contributed by atoms with Gasteiger partial charge in [-0.3, -0.25) is 9.98 Å². The van der Waals surface area contributed by atoms with Crippen molar-refractivity contribution >= 4 is 11.3 Å². The van der Waals surface area contributed by atoms with Crippen molar-refractivity contribution in [2.75, 3.05) is 6.54 Å². The summed E-state index contributed by atoms with van der Waals surface area (Å²) >= 11 is 0. The second-order valence-electron chi connectivity index (χ2n) is 4.20. The molecule has 0 saturated carbocycles. The van der Waals surface area contributed by atoms with Crippen LogP contribution in [0.5, 0.6) is 0 Å². The van der Waals surface area contributed by atoms with Crippen molar-refractivity contribution in [1.29, 1.82) is 0 Å². The van der Waals surface area contributed by atoms with Gasteiger partial charge in [0.2, 0.25) is 0 Å². The van der Waals surface area contributed by atoms with Gasteiger partial charge >= 0.3 is 0 Å². The number of pyridine rings is 1. The molecule has 0 unspecified atom stereocenters. The summed E-state index contributed by atoms with van der Waals surface area (Å²) in [4.78, 5) is 8.96. The monoisotopic (exact) mass is 214 g/mol. The van der Waals surface area contributed by atoms with Gasteiger partial charge in [0.1, 0.15) is 0 Å². The van der Waals surface area contributed by atoms with Crippen molar-refractivity contribution in [3.63, 3.8) is 0 Å². The van der Waals surface area contributed by atoms with E-state index in [2.05, 4.69) is 36.0 Å². The Kier molecular flexibility index (Phi) is 3.50. The highest BCUT2D eigenvalue weighted by molar-refractivity contribution is 5.90. The number of aromatic nitrogens is 1. The van der Waals surface area contributed by atoms with Crippen LogP contribution in [0, 0.1) is 6.92 Å². The molecule has 0 saturated heterocycles. The smallest absolute Gasteiger partial charge is 0.0642 e. The van der Waals surface area contributed by atoms with E-state index in [9.17, 15) is 0 Å². The zero-order chi connectivity index (χ0) is 11.4. The molecule has 2 rings (SSSR count). The number of nitrogens with zero attached hydrogens (tertiary/aromatic N) is 2. The van der Waals surface area contributed by atoms with Gasteiger partial charge in [-0.2, -0.15) is 0 Å². The Balaban J connectivity index is 2.13. The van der Waals surface area contributed by atoms with E-state index in [0.29, 0.717) is 0 Å². The summed E-state index contributed by atoms with van der Waals surface area (Å²) in [5.41, 5.74) is 5.02. The fraction of sp³-hybridized carbons (Fsp3) is 0.429. The number of hydrogen-bond donors (Lipinski definition) is 0. The van der Waals surface area contributed by atoms with Crippen LogP contribution in [-0.4, -0.2) is 17.2 Å². The Morgan fingerprint density at radius 3 is 2.88 bits per heavy atom. The van der Waals surface area contributed by atoms with E-state index >= 15 is 0 Å². The first-order valence-electron chi connectivity index (χ1n) is 5.94. The maximum atomic E-state index is 4.64. The highest BCUT2D eigenvalue weighted by Gasteiger charge is 2.09. The van der Waals surface area contributed by atoms with Crippen molar-refractivity contribution in [1.82, 2.24) is 4.98 Å². The Bertz CT molecular complexity index is 430. The third-order valence-electron chi connectivity index (χ3n) is 2.95. The predicted molar refractivity (Wildman–Crippen MR) is 68.8 cm³/mol. The Morgan fingerprint density at radius 2 is 2.25 bits per heavy atom. The van der Waals surface area contributed by atoms with Crippen LogP contribution in [0.25, 0.3) is 5.57 Å². The van der Waals surface area contributed by atoms with Crippen LogP contribution in [0.1, 0.15) is 37.4 Å². The molecule has 0 bridgehead atoms. The number of allylic oxidation sites excluding steroid dienone is 1. The van der Waals surface area contributed by atoms with E-state index in [1.165, 1.54) is 23.3 Å². The summed E-state index contributed by atoms with van der Waals surface area (Å²) in [7, 11) is 0. The largest absolute Gasteiger partial charge is 0.289 e. The summed E-state index contributed by atoms with van der Waals surface area (Å²) in [6.07, 6.45) is 7.48. The maximum Gasteiger partial charge on any atom is 0.0642 e. The fourth-order valence-corrected chi connectivity index (χ4v) is 2.06. The third-order valence-corrected chi connectivity index (χ3v) is 2.95. The van der Waals surface area contributed by atoms with Crippen molar-refractivity contribution in [3.05, 3.63) is 35.7 Å². The molecule has 0 N–H and O–H groups in total. The molecule has 0 radical (unpaired) electrons. The molecule has 84 valence electrons. The Labute approximate surface area is 97.1 Å². The number of aliphatic imine (C=N–C) groups is 1. The minimum atomic E-state index is 0.821. The second-order valence-corrected chi connectivity index (χ2v) is 4.20. The van der Waals surface area contributed by atoms with Gasteiger partial charge in [-0.05, 0) is 25.0 Å². The minimum absolute atomic E-state index is 0.821.